The van der Waals surface area contributed by atoms with Gasteiger partial charge in [0.2, 0.25) is 0 Å². The van der Waals surface area contributed by atoms with Crippen LogP contribution >= 0.6 is 22.7 Å². The van der Waals surface area contributed by atoms with E-state index in [1.54, 1.807) is 13.2 Å². The average molecular weight is 341 g/mol. The second-order valence-electron chi connectivity index (χ2n) is 4.49. The molecule has 0 aliphatic heterocycles. The van der Waals surface area contributed by atoms with Crippen LogP contribution in [0.25, 0.3) is 16.3 Å². The molecule has 2 heterocycles. The number of amides is 1. The molecule has 0 radical (unpaired) electrons. The van der Waals surface area contributed by atoms with Crippen LogP contribution in [0.15, 0.2) is 41.3 Å². The van der Waals surface area contributed by atoms with Gasteiger partial charge in [-0.25, -0.2) is 4.98 Å². The highest BCUT2D eigenvalue weighted by Gasteiger charge is 2.13. The summed E-state index contributed by atoms with van der Waals surface area (Å²) >= 11 is 2.80. The number of thiophene rings is 1. The Morgan fingerprint density at radius 2 is 2.30 bits per heavy atom. The van der Waals surface area contributed by atoms with Gasteiger partial charge in [-0.05, 0) is 35.7 Å². The standard InChI is InChI=1S/C16H11N3O2S2/c1-21-11-4-5-13-14(8-11)23-16(18-13)19-15(20)10(9-17)7-12-3-2-6-22-12/h2-8H,1H3,(H,18,19,20)/b10-7+. The predicted octanol–water partition coefficient (Wildman–Crippen LogP) is 3.91. The second kappa shape index (κ2) is 6.60. The lowest BCUT2D eigenvalue weighted by molar-refractivity contribution is -0.112. The Morgan fingerprint density at radius 1 is 1.43 bits per heavy atom. The number of nitrogens with one attached hydrogen (secondary N) is 1. The minimum atomic E-state index is -0.466. The lowest BCUT2D eigenvalue weighted by atomic mass is 10.2. The molecular formula is C16H11N3O2S2. The summed E-state index contributed by atoms with van der Waals surface area (Å²) in [5.74, 6) is 0.265. The molecule has 0 spiro atoms. The first-order valence-corrected chi connectivity index (χ1v) is 8.30. The van der Waals surface area contributed by atoms with Crippen molar-refractivity contribution >= 4 is 50.0 Å². The van der Waals surface area contributed by atoms with Gasteiger partial charge in [-0.2, -0.15) is 5.26 Å². The van der Waals surface area contributed by atoms with Gasteiger partial charge in [0, 0.05) is 4.88 Å². The maximum Gasteiger partial charge on any atom is 0.268 e. The van der Waals surface area contributed by atoms with E-state index in [4.69, 9.17) is 4.74 Å². The smallest absolute Gasteiger partial charge is 0.268 e. The molecule has 0 bridgehead atoms. The van der Waals surface area contributed by atoms with Crippen molar-refractivity contribution in [1.82, 2.24) is 4.98 Å². The van der Waals surface area contributed by atoms with E-state index in [1.165, 1.54) is 22.7 Å². The van der Waals surface area contributed by atoms with E-state index in [-0.39, 0.29) is 5.57 Å². The third-order valence-electron chi connectivity index (χ3n) is 3.01. The number of anilines is 1. The summed E-state index contributed by atoms with van der Waals surface area (Å²) < 4.78 is 6.07. The summed E-state index contributed by atoms with van der Waals surface area (Å²) in [5, 5.41) is 14.2. The van der Waals surface area contributed by atoms with Gasteiger partial charge in [0.15, 0.2) is 5.13 Å². The zero-order valence-corrected chi connectivity index (χ0v) is 13.7. The molecule has 1 amide bonds. The number of nitriles is 1. The number of methoxy groups -OCH3 is 1. The lowest BCUT2D eigenvalue weighted by Crippen LogP contribution is -2.13. The van der Waals surface area contributed by atoms with E-state index in [1.807, 2.05) is 41.8 Å². The molecule has 0 aliphatic rings. The quantitative estimate of drug-likeness (QED) is 0.576. The van der Waals surface area contributed by atoms with Crippen molar-refractivity contribution in [2.45, 2.75) is 0 Å². The number of carbonyl (C=O) groups excluding carboxylic acids is 1. The summed E-state index contributed by atoms with van der Waals surface area (Å²) in [7, 11) is 1.60. The first-order valence-electron chi connectivity index (χ1n) is 6.61. The van der Waals surface area contributed by atoms with E-state index in [9.17, 15) is 10.1 Å². The molecular weight excluding hydrogens is 330 g/mol. The number of thiazole rings is 1. The minimum absolute atomic E-state index is 0.0456. The SMILES string of the molecule is COc1ccc2nc(NC(=O)/C(C#N)=C/c3cccs3)sc2c1. The van der Waals surface area contributed by atoms with Gasteiger partial charge in [0.05, 0.1) is 17.3 Å². The normalized spacial score (nSPS) is 11.2. The third kappa shape index (κ3) is 3.39. The maximum atomic E-state index is 12.2. The molecule has 23 heavy (non-hydrogen) atoms. The van der Waals surface area contributed by atoms with Crippen LogP contribution in [-0.2, 0) is 4.79 Å². The molecule has 2 aromatic heterocycles. The van der Waals surface area contributed by atoms with Crippen LogP contribution in [0.4, 0.5) is 5.13 Å². The Kier molecular flexibility index (Phi) is 4.37. The van der Waals surface area contributed by atoms with Crippen molar-refractivity contribution < 1.29 is 9.53 Å². The zero-order valence-electron chi connectivity index (χ0n) is 12.1. The van der Waals surface area contributed by atoms with E-state index in [0.717, 1.165) is 20.8 Å². The average Bonchev–Trinajstić information content (AvgIpc) is 3.20. The number of rotatable bonds is 4. The summed E-state index contributed by atoms with van der Waals surface area (Å²) in [6.45, 7) is 0. The van der Waals surface area contributed by atoms with Gasteiger partial charge in [-0.1, -0.05) is 17.4 Å². The highest BCUT2D eigenvalue weighted by molar-refractivity contribution is 7.22. The molecule has 7 heteroatoms. The maximum absolute atomic E-state index is 12.2. The number of hydrogen-bond acceptors (Lipinski definition) is 6. The first kappa shape index (κ1) is 15.2. The Morgan fingerprint density at radius 3 is 3.00 bits per heavy atom. The Balaban J connectivity index is 1.83. The minimum Gasteiger partial charge on any atom is -0.497 e. The summed E-state index contributed by atoms with van der Waals surface area (Å²) in [6.07, 6.45) is 1.57. The van der Waals surface area contributed by atoms with Gasteiger partial charge < -0.3 is 4.74 Å². The van der Waals surface area contributed by atoms with E-state index >= 15 is 0 Å². The van der Waals surface area contributed by atoms with Crippen molar-refractivity contribution in [2.75, 3.05) is 12.4 Å². The molecule has 1 N–H and O–H groups in total. The number of benzene rings is 1. The molecule has 0 fully saturated rings. The largest absolute Gasteiger partial charge is 0.497 e. The monoisotopic (exact) mass is 341 g/mol. The first-order chi connectivity index (χ1) is 11.2. The lowest BCUT2D eigenvalue weighted by Gasteiger charge is -1.98. The number of hydrogen-bond donors (Lipinski definition) is 1. The molecule has 0 unspecified atom stereocenters. The van der Waals surface area contributed by atoms with Gasteiger partial charge >= 0.3 is 0 Å². The summed E-state index contributed by atoms with van der Waals surface area (Å²) in [5.41, 5.74) is 0.816. The Bertz CT molecular complexity index is 921. The topological polar surface area (TPSA) is 75.0 Å². The molecule has 3 rings (SSSR count). The predicted molar refractivity (Wildman–Crippen MR) is 92.7 cm³/mol. The molecule has 1 aromatic carbocycles. The second-order valence-corrected chi connectivity index (χ2v) is 6.50. The van der Waals surface area contributed by atoms with E-state index < -0.39 is 5.91 Å². The third-order valence-corrected chi connectivity index (χ3v) is 4.76. The van der Waals surface area contributed by atoms with Crippen molar-refractivity contribution in [3.63, 3.8) is 0 Å². The van der Waals surface area contributed by atoms with Crippen LogP contribution in [0.2, 0.25) is 0 Å². The highest BCUT2D eigenvalue weighted by Crippen LogP contribution is 2.29. The molecule has 3 aromatic rings. The van der Waals surface area contributed by atoms with Crippen molar-refractivity contribution in [3.05, 3.63) is 46.2 Å². The number of fused-ring (bicyclic) bond motifs is 1. The van der Waals surface area contributed by atoms with Crippen molar-refractivity contribution in [3.8, 4) is 11.8 Å². The molecule has 5 nitrogen and oxygen atoms in total. The van der Waals surface area contributed by atoms with Gasteiger partial charge in [-0.3, -0.25) is 10.1 Å². The molecule has 0 aliphatic carbocycles. The zero-order chi connectivity index (χ0) is 16.2. The van der Waals surface area contributed by atoms with Gasteiger partial charge in [0.25, 0.3) is 5.91 Å². The van der Waals surface area contributed by atoms with Crippen LogP contribution < -0.4 is 10.1 Å². The summed E-state index contributed by atoms with van der Waals surface area (Å²) in [6, 6.07) is 11.1. The van der Waals surface area contributed by atoms with Crippen LogP contribution in [0, 0.1) is 11.3 Å². The fourth-order valence-electron chi connectivity index (χ4n) is 1.91. The molecule has 0 saturated heterocycles. The number of aromatic nitrogens is 1. The molecule has 0 saturated carbocycles. The van der Waals surface area contributed by atoms with Crippen LogP contribution in [0.3, 0.4) is 0 Å². The van der Waals surface area contributed by atoms with Crippen LogP contribution in [-0.4, -0.2) is 18.0 Å². The fourth-order valence-corrected chi connectivity index (χ4v) is 3.46. The van der Waals surface area contributed by atoms with E-state index in [2.05, 4.69) is 10.3 Å². The number of carbonyl (C=O) groups is 1. The van der Waals surface area contributed by atoms with Crippen molar-refractivity contribution in [2.24, 2.45) is 0 Å². The van der Waals surface area contributed by atoms with Crippen molar-refractivity contribution in [1.29, 1.82) is 5.26 Å². The van der Waals surface area contributed by atoms with Crippen LogP contribution in [0.1, 0.15) is 4.88 Å². The highest BCUT2D eigenvalue weighted by atomic mass is 32.1. The number of ether oxygens (including phenoxy) is 1. The fraction of sp³-hybridized carbons (Fsp3) is 0.0625. The summed E-state index contributed by atoms with van der Waals surface area (Å²) in [4.78, 5) is 17.4. The van der Waals surface area contributed by atoms with Crippen LogP contribution in [0.5, 0.6) is 5.75 Å². The molecule has 0 atom stereocenters. The van der Waals surface area contributed by atoms with Gasteiger partial charge in [-0.15, -0.1) is 11.3 Å². The van der Waals surface area contributed by atoms with Gasteiger partial charge in [0.1, 0.15) is 17.4 Å². The Hall–Kier alpha value is -2.69. The Labute approximate surface area is 140 Å². The number of nitrogens with zero attached hydrogens (tertiary/aromatic N) is 2. The molecule has 114 valence electrons. The van der Waals surface area contributed by atoms with E-state index in [0.29, 0.717) is 5.13 Å².